The summed E-state index contributed by atoms with van der Waals surface area (Å²) in [4.78, 5) is 14.6. The van der Waals surface area contributed by atoms with E-state index in [0.717, 1.165) is 26.2 Å². The molecule has 0 spiro atoms. The van der Waals surface area contributed by atoms with Gasteiger partial charge in [0.15, 0.2) is 0 Å². The third-order valence-corrected chi connectivity index (χ3v) is 3.84. The number of methoxy groups -OCH3 is 1. The average Bonchev–Trinajstić information content (AvgIpc) is 2.40. The summed E-state index contributed by atoms with van der Waals surface area (Å²) in [5.41, 5.74) is -0.625. The maximum Gasteiger partial charge on any atom is 0.327 e. The molecule has 20 heavy (non-hydrogen) atoms. The molecule has 0 saturated carbocycles. The summed E-state index contributed by atoms with van der Waals surface area (Å²) >= 11 is 0. The molecule has 5 heteroatoms. The van der Waals surface area contributed by atoms with Gasteiger partial charge in [-0.3, -0.25) is 4.79 Å². The van der Waals surface area contributed by atoms with E-state index in [9.17, 15) is 4.79 Å². The van der Waals surface area contributed by atoms with E-state index in [0.29, 0.717) is 19.1 Å². The number of ether oxygens (including phenoxy) is 2. The van der Waals surface area contributed by atoms with Crippen molar-refractivity contribution < 1.29 is 14.3 Å². The van der Waals surface area contributed by atoms with Gasteiger partial charge in [-0.1, -0.05) is 6.92 Å². The SMILES string of the molecule is CCNC(C)(CN1CCCC(COC)C1)C(=O)OCC. The summed E-state index contributed by atoms with van der Waals surface area (Å²) in [6, 6.07) is 0. The Morgan fingerprint density at radius 1 is 1.45 bits per heavy atom. The number of hydrogen-bond donors (Lipinski definition) is 1. The normalized spacial score (nSPS) is 23.3. The lowest BCUT2D eigenvalue weighted by Gasteiger charge is -2.38. The molecule has 118 valence electrons. The van der Waals surface area contributed by atoms with Crippen molar-refractivity contribution in [3.8, 4) is 0 Å². The molecule has 1 N–H and O–H groups in total. The molecule has 1 saturated heterocycles. The van der Waals surface area contributed by atoms with E-state index in [4.69, 9.17) is 9.47 Å². The fourth-order valence-corrected chi connectivity index (χ4v) is 2.99. The van der Waals surface area contributed by atoms with Crippen LogP contribution in [0.3, 0.4) is 0 Å². The van der Waals surface area contributed by atoms with Gasteiger partial charge in [0, 0.05) is 20.2 Å². The monoisotopic (exact) mass is 286 g/mol. The molecule has 5 nitrogen and oxygen atoms in total. The third kappa shape index (κ3) is 5.04. The lowest BCUT2D eigenvalue weighted by atomic mass is 9.95. The first kappa shape index (κ1) is 17.4. The second-order valence-electron chi connectivity index (χ2n) is 5.78. The maximum atomic E-state index is 12.2. The fourth-order valence-electron chi connectivity index (χ4n) is 2.99. The lowest BCUT2D eigenvalue weighted by molar-refractivity contribution is -0.151. The molecule has 0 aromatic rings. The van der Waals surface area contributed by atoms with Crippen molar-refractivity contribution in [2.75, 3.05) is 46.5 Å². The maximum absolute atomic E-state index is 12.2. The van der Waals surface area contributed by atoms with E-state index in [-0.39, 0.29) is 5.97 Å². The van der Waals surface area contributed by atoms with Crippen molar-refractivity contribution in [2.24, 2.45) is 5.92 Å². The van der Waals surface area contributed by atoms with E-state index in [1.54, 1.807) is 7.11 Å². The molecule has 0 aromatic heterocycles. The summed E-state index contributed by atoms with van der Waals surface area (Å²) < 4.78 is 10.5. The van der Waals surface area contributed by atoms with E-state index >= 15 is 0 Å². The van der Waals surface area contributed by atoms with Gasteiger partial charge in [0.25, 0.3) is 0 Å². The smallest absolute Gasteiger partial charge is 0.327 e. The van der Waals surface area contributed by atoms with Crippen molar-refractivity contribution in [3.05, 3.63) is 0 Å². The van der Waals surface area contributed by atoms with Crippen LogP contribution >= 0.6 is 0 Å². The molecular formula is C15H30N2O3. The van der Waals surface area contributed by atoms with Crippen molar-refractivity contribution >= 4 is 5.97 Å². The second kappa shape index (κ2) is 8.60. The van der Waals surface area contributed by atoms with Gasteiger partial charge in [0.1, 0.15) is 5.54 Å². The highest BCUT2D eigenvalue weighted by molar-refractivity contribution is 5.80. The van der Waals surface area contributed by atoms with Gasteiger partial charge >= 0.3 is 5.97 Å². The Kier molecular flexibility index (Phi) is 7.48. The number of esters is 1. The molecule has 0 aromatic carbocycles. The summed E-state index contributed by atoms with van der Waals surface area (Å²) in [5, 5.41) is 3.29. The highest BCUT2D eigenvalue weighted by Crippen LogP contribution is 2.19. The molecule has 1 heterocycles. The van der Waals surface area contributed by atoms with Crippen LogP contribution in [0.2, 0.25) is 0 Å². The van der Waals surface area contributed by atoms with Crippen LogP contribution < -0.4 is 5.32 Å². The summed E-state index contributed by atoms with van der Waals surface area (Å²) in [6.07, 6.45) is 2.38. The zero-order chi connectivity index (χ0) is 15.0. The predicted molar refractivity (Wildman–Crippen MR) is 79.8 cm³/mol. The lowest BCUT2D eigenvalue weighted by Crippen LogP contribution is -2.58. The molecule has 0 aliphatic carbocycles. The first-order valence-electron chi connectivity index (χ1n) is 7.69. The Bertz CT molecular complexity index is 297. The largest absolute Gasteiger partial charge is 0.465 e. The zero-order valence-electron chi connectivity index (χ0n) is 13.4. The van der Waals surface area contributed by atoms with Crippen LogP contribution in [0.4, 0.5) is 0 Å². The number of carbonyl (C=O) groups is 1. The van der Waals surface area contributed by atoms with Gasteiger partial charge in [-0.2, -0.15) is 0 Å². The van der Waals surface area contributed by atoms with E-state index < -0.39 is 5.54 Å². The van der Waals surface area contributed by atoms with Gasteiger partial charge in [0.2, 0.25) is 0 Å². The van der Waals surface area contributed by atoms with E-state index in [1.807, 2.05) is 20.8 Å². The molecule has 0 radical (unpaired) electrons. The Morgan fingerprint density at radius 2 is 2.20 bits per heavy atom. The number of carbonyl (C=O) groups excluding carboxylic acids is 1. The molecule has 1 fully saturated rings. The standard InChI is InChI=1S/C15H30N2O3/c1-5-16-15(3,14(18)20-6-2)12-17-9-7-8-13(10-17)11-19-4/h13,16H,5-12H2,1-4H3. The quantitative estimate of drug-likeness (QED) is 0.681. The van der Waals surface area contributed by atoms with Crippen LogP contribution in [0.15, 0.2) is 0 Å². The van der Waals surface area contributed by atoms with Crippen LogP contribution in [-0.4, -0.2) is 62.9 Å². The Labute approximate surface area is 123 Å². The highest BCUT2D eigenvalue weighted by atomic mass is 16.5. The summed E-state index contributed by atoms with van der Waals surface area (Å²) in [7, 11) is 1.75. The number of hydrogen-bond acceptors (Lipinski definition) is 5. The van der Waals surface area contributed by atoms with Crippen molar-refractivity contribution in [1.82, 2.24) is 10.2 Å². The Hall–Kier alpha value is -0.650. The fraction of sp³-hybridized carbons (Fsp3) is 0.933. The molecule has 0 bridgehead atoms. The van der Waals surface area contributed by atoms with E-state index in [2.05, 4.69) is 10.2 Å². The summed E-state index contributed by atoms with van der Waals surface area (Å²) in [5.74, 6) is 0.414. The number of nitrogens with one attached hydrogen (secondary N) is 1. The van der Waals surface area contributed by atoms with Crippen LogP contribution in [-0.2, 0) is 14.3 Å². The summed E-state index contributed by atoms with van der Waals surface area (Å²) in [6.45, 7) is 10.5. The second-order valence-corrected chi connectivity index (χ2v) is 5.78. The van der Waals surface area contributed by atoms with Crippen molar-refractivity contribution in [3.63, 3.8) is 0 Å². The van der Waals surface area contributed by atoms with Crippen molar-refractivity contribution in [1.29, 1.82) is 0 Å². The molecule has 1 rings (SSSR count). The van der Waals surface area contributed by atoms with Crippen LogP contribution in [0.5, 0.6) is 0 Å². The van der Waals surface area contributed by atoms with Gasteiger partial charge in [-0.25, -0.2) is 0 Å². The number of likely N-dealkylation sites (N-methyl/N-ethyl adjacent to an activating group) is 1. The van der Waals surface area contributed by atoms with Gasteiger partial charge in [-0.15, -0.1) is 0 Å². The Morgan fingerprint density at radius 3 is 2.80 bits per heavy atom. The van der Waals surface area contributed by atoms with Crippen LogP contribution in [0.25, 0.3) is 0 Å². The highest BCUT2D eigenvalue weighted by Gasteiger charge is 2.36. The van der Waals surface area contributed by atoms with Crippen LogP contribution in [0.1, 0.15) is 33.6 Å². The molecule has 2 unspecified atom stereocenters. The number of rotatable bonds is 8. The zero-order valence-corrected chi connectivity index (χ0v) is 13.4. The Balaban J connectivity index is 2.62. The van der Waals surface area contributed by atoms with E-state index in [1.165, 1.54) is 12.8 Å². The molecule has 1 aliphatic heterocycles. The van der Waals surface area contributed by atoms with Gasteiger partial charge < -0.3 is 19.7 Å². The predicted octanol–water partition coefficient (Wildman–Crippen LogP) is 1.28. The number of piperidine rings is 1. The minimum Gasteiger partial charge on any atom is -0.465 e. The average molecular weight is 286 g/mol. The number of likely N-dealkylation sites (tertiary alicyclic amines) is 1. The molecule has 0 amide bonds. The van der Waals surface area contributed by atoms with Crippen molar-refractivity contribution in [2.45, 2.75) is 39.2 Å². The first-order chi connectivity index (χ1) is 9.55. The minimum absolute atomic E-state index is 0.157. The molecule has 2 atom stereocenters. The third-order valence-electron chi connectivity index (χ3n) is 3.84. The molecule has 1 aliphatic rings. The van der Waals surface area contributed by atoms with Gasteiger partial charge in [-0.05, 0) is 45.7 Å². The minimum atomic E-state index is -0.625. The van der Waals surface area contributed by atoms with Gasteiger partial charge in [0.05, 0.1) is 13.2 Å². The first-order valence-corrected chi connectivity index (χ1v) is 7.69. The number of nitrogens with zero attached hydrogens (tertiary/aromatic N) is 1. The molecular weight excluding hydrogens is 256 g/mol. The van der Waals surface area contributed by atoms with Crippen LogP contribution in [0, 0.1) is 5.92 Å². The topological polar surface area (TPSA) is 50.8 Å².